The van der Waals surface area contributed by atoms with Crippen molar-refractivity contribution < 1.29 is 27.4 Å². The molecule has 0 bridgehead atoms. The molecule has 9 heteroatoms. The molecule has 1 amide bonds. The van der Waals surface area contributed by atoms with E-state index in [4.69, 9.17) is 9.84 Å². The van der Waals surface area contributed by atoms with E-state index in [0.29, 0.717) is 0 Å². The summed E-state index contributed by atoms with van der Waals surface area (Å²) in [6.45, 7) is 0.928. The number of hydrogen-bond acceptors (Lipinski definition) is 5. The molecule has 7 nitrogen and oxygen atoms in total. The molecule has 0 atom stereocenters. The van der Waals surface area contributed by atoms with Crippen LogP contribution in [0.2, 0.25) is 0 Å². The molecule has 0 aromatic heterocycles. The average molecular weight is 334 g/mol. The number of likely N-dealkylation sites (N-methyl/N-ethyl adjacent to an activating group) is 1. The summed E-state index contributed by atoms with van der Waals surface area (Å²) < 4.78 is 44.3. The van der Waals surface area contributed by atoms with Crippen LogP contribution in [0.3, 0.4) is 0 Å². The normalized spacial score (nSPS) is 11.5. The summed E-state index contributed by atoms with van der Waals surface area (Å²) in [7, 11) is -2.82. The lowest BCUT2D eigenvalue weighted by molar-refractivity contribution is -0.121. The number of ether oxygens (including phenoxy) is 1. The lowest BCUT2D eigenvalue weighted by Gasteiger charge is -2.21. The van der Waals surface area contributed by atoms with Gasteiger partial charge in [-0.2, -0.15) is 4.31 Å². The van der Waals surface area contributed by atoms with E-state index >= 15 is 0 Å². The third-order valence-electron chi connectivity index (χ3n) is 2.85. The van der Waals surface area contributed by atoms with Gasteiger partial charge in [-0.25, -0.2) is 12.8 Å². The van der Waals surface area contributed by atoms with Crippen molar-refractivity contribution in [1.29, 1.82) is 0 Å². The number of aliphatic hydroxyl groups is 1. The Balaban J connectivity index is 3.09. The highest BCUT2D eigenvalue weighted by Gasteiger charge is 2.28. The summed E-state index contributed by atoms with van der Waals surface area (Å²) in [6.07, 6.45) is 0. The summed E-state index contributed by atoms with van der Waals surface area (Å²) in [5.41, 5.74) is 0. The number of amides is 1. The maximum atomic E-state index is 13.4. The summed E-state index contributed by atoms with van der Waals surface area (Å²) in [6, 6.07) is 3.15. The second kappa shape index (κ2) is 8.06. The first-order valence-corrected chi connectivity index (χ1v) is 8.02. The fourth-order valence-electron chi connectivity index (χ4n) is 1.77. The summed E-state index contributed by atoms with van der Waals surface area (Å²) in [5, 5.41) is 11.0. The first-order valence-electron chi connectivity index (χ1n) is 6.58. The van der Waals surface area contributed by atoms with Crippen LogP contribution in [-0.2, 0) is 14.8 Å². The van der Waals surface area contributed by atoms with Crippen molar-refractivity contribution in [1.82, 2.24) is 9.62 Å². The van der Waals surface area contributed by atoms with E-state index in [0.717, 1.165) is 16.4 Å². The van der Waals surface area contributed by atoms with E-state index in [2.05, 4.69) is 5.32 Å². The molecule has 1 aromatic carbocycles. The molecule has 0 heterocycles. The third kappa shape index (κ3) is 4.39. The smallest absolute Gasteiger partial charge is 0.247 e. The van der Waals surface area contributed by atoms with Gasteiger partial charge in [0, 0.05) is 13.1 Å². The van der Waals surface area contributed by atoms with Gasteiger partial charge in [-0.15, -0.1) is 0 Å². The predicted octanol–water partition coefficient (Wildman–Crippen LogP) is -0.0466. The summed E-state index contributed by atoms with van der Waals surface area (Å²) in [4.78, 5) is 11.3. The van der Waals surface area contributed by atoms with Crippen LogP contribution < -0.4 is 10.1 Å². The van der Waals surface area contributed by atoms with Gasteiger partial charge in [0.1, 0.15) is 16.5 Å². The highest BCUT2D eigenvalue weighted by atomic mass is 32.2. The van der Waals surface area contributed by atoms with Crippen LogP contribution in [-0.4, -0.2) is 57.1 Å². The van der Waals surface area contributed by atoms with Crippen LogP contribution in [0.1, 0.15) is 6.92 Å². The highest BCUT2D eigenvalue weighted by molar-refractivity contribution is 7.89. The van der Waals surface area contributed by atoms with Crippen LogP contribution in [0.15, 0.2) is 23.1 Å². The Hall–Kier alpha value is -1.71. The molecule has 1 aromatic rings. The first kappa shape index (κ1) is 18.3. The molecule has 124 valence electrons. The number of aliphatic hydroxyl groups excluding tert-OH is 1. The van der Waals surface area contributed by atoms with Gasteiger partial charge in [-0.3, -0.25) is 4.79 Å². The molecule has 0 radical (unpaired) electrons. The van der Waals surface area contributed by atoms with E-state index in [1.54, 1.807) is 6.92 Å². The molecule has 2 N–H and O–H groups in total. The molecule has 0 aliphatic rings. The number of rotatable bonds is 8. The third-order valence-corrected chi connectivity index (χ3v) is 4.79. The van der Waals surface area contributed by atoms with Crippen LogP contribution in [0, 0.1) is 5.82 Å². The van der Waals surface area contributed by atoms with Crippen molar-refractivity contribution >= 4 is 15.9 Å². The van der Waals surface area contributed by atoms with Crippen LogP contribution in [0.25, 0.3) is 0 Å². The SMILES string of the molecule is CCN(CC(=O)NCCO)S(=O)(=O)c1cc(F)ccc1OC. The molecule has 0 spiro atoms. The topological polar surface area (TPSA) is 95.9 Å². The van der Waals surface area contributed by atoms with Crippen molar-refractivity contribution in [2.24, 2.45) is 0 Å². The molecule has 0 unspecified atom stereocenters. The van der Waals surface area contributed by atoms with Gasteiger partial charge >= 0.3 is 0 Å². The number of sulfonamides is 1. The van der Waals surface area contributed by atoms with Gasteiger partial charge in [0.25, 0.3) is 0 Å². The molecule has 22 heavy (non-hydrogen) atoms. The number of methoxy groups -OCH3 is 1. The summed E-state index contributed by atoms with van der Waals surface area (Å²) in [5.74, 6) is -1.29. The van der Waals surface area contributed by atoms with Crippen LogP contribution in [0.4, 0.5) is 4.39 Å². The molecule has 0 fully saturated rings. The molecule has 0 saturated carbocycles. The number of benzene rings is 1. The fraction of sp³-hybridized carbons (Fsp3) is 0.462. The Morgan fingerprint density at radius 3 is 2.68 bits per heavy atom. The maximum Gasteiger partial charge on any atom is 0.247 e. The van der Waals surface area contributed by atoms with Crippen LogP contribution in [0.5, 0.6) is 5.75 Å². The number of halogens is 1. The van der Waals surface area contributed by atoms with Crippen molar-refractivity contribution in [2.45, 2.75) is 11.8 Å². The van der Waals surface area contributed by atoms with Gasteiger partial charge in [0.05, 0.1) is 20.3 Å². The first-order chi connectivity index (χ1) is 10.4. The number of nitrogens with one attached hydrogen (secondary N) is 1. The van der Waals surface area contributed by atoms with E-state index in [1.165, 1.54) is 13.2 Å². The zero-order valence-corrected chi connectivity index (χ0v) is 13.2. The van der Waals surface area contributed by atoms with E-state index in [1.807, 2.05) is 0 Å². The van der Waals surface area contributed by atoms with Crippen molar-refractivity contribution in [2.75, 3.05) is 33.4 Å². The Kier molecular flexibility index (Phi) is 6.72. The van der Waals surface area contributed by atoms with E-state index in [-0.39, 0.29) is 30.3 Å². The van der Waals surface area contributed by atoms with Gasteiger partial charge in [-0.05, 0) is 18.2 Å². The number of carbonyl (C=O) groups excluding carboxylic acids is 1. The number of hydrogen-bond donors (Lipinski definition) is 2. The average Bonchev–Trinajstić information content (AvgIpc) is 2.50. The summed E-state index contributed by atoms with van der Waals surface area (Å²) >= 11 is 0. The fourth-order valence-corrected chi connectivity index (χ4v) is 3.34. The predicted molar refractivity (Wildman–Crippen MR) is 77.5 cm³/mol. The molecular weight excluding hydrogens is 315 g/mol. The van der Waals surface area contributed by atoms with Crippen LogP contribution >= 0.6 is 0 Å². The molecular formula is C13H19FN2O5S. The molecule has 0 saturated heterocycles. The minimum absolute atomic E-state index is 0.00406. The van der Waals surface area contributed by atoms with Gasteiger partial charge in [0.15, 0.2) is 0 Å². The lowest BCUT2D eigenvalue weighted by Crippen LogP contribution is -2.41. The molecule has 0 aliphatic carbocycles. The van der Waals surface area contributed by atoms with Crippen molar-refractivity contribution in [3.05, 3.63) is 24.0 Å². The zero-order chi connectivity index (χ0) is 16.8. The zero-order valence-electron chi connectivity index (χ0n) is 12.4. The van der Waals surface area contributed by atoms with Crippen molar-refractivity contribution in [3.63, 3.8) is 0 Å². The monoisotopic (exact) mass is 334 g/mol. The minimum atomic E-state index is -4.09. The second-order valence-electron chi connectivity index (χ2n) is 4.30. The van der Waals surface area contributed by atoms with Gasteiger partial charge < -0.3 is 15.2 Å². The van der Waals surface area contributed by atoms with Gasteiger partial charge in [0.2, 0.25) is 15.9 Å². The van der Waals surface area contributed by atoms with Crippen molar-refractivity contribution in [3.8, 4) is 5.75 Å². The second-order valence-corrected chi connectivity index (χ2v) is 6.21. The number of nitrogens with zero attached hydrogens (tertiary/aromatic N) is 1. The highest BCUT2D eigenvalue weighted by Crippen LogP contribution is 2.27. The van der Waals surface area contributed by atoms with E-state index < -0.39 is 28.3 Å². The minimum Gasteiger partial charge on any atom is -0.495 e. The largest absolute Gasteiger partial charge is 0.495 e. The standard InChI is InChI=1S/C13H19FN2O5S/c1-3-16(9-13(18)15-6-7-17)22(19,20)12-8-10(14)4-5-11(12)21-2/h4-5,8,17H,3,6-7,9H2,1-2H3,(H,15,18). The Morgan fingerprint density at radius 1 is 1.45 bits per heavy atom. The quantitative estimate of drug-likeness (QED) is 0.695. The molecule has 0 aliphatic heterocycles. The Labute approximate surface area is 128 Å². The Bertz CT molecular complexity index is 621. The Morgan fingerprint density at radius 2 is 2.14 bits per heavy atom. The number of carbonyl (C=O) groups is 1. The van der Waals surface area contributed by atoms with Gasteiger partial charge in [-0.1, -0.05) is 6.92 Å². The van der Waals surface area contributed by atoms with E-state index in [9.17, 15) is 17.6 Å². The lowest BCUT2D eigenvalue weighted by atomic mass is 10.3. The molecule has 1 rings (SSSR count). The maximum absolute atomic E-state index is 13.4.